The highest BCUT2D eigenvalue weighted by Crippen LogP contribution is 2.15. The van der Waals surface area contributed by atoms with Crippen molar-refractivity contribution in [3.8, 4) is 0 Å². The number of aromatic nitrogens is 1. The summed E-state index contributed by atoms with van der Waals surface area (Å²) >= 11 is 0. The smallest absolute Gasteiger partial charge is 0.183 e. The molecule has 0 saturated carbocycles. The van der Waals surface area contributed by atoms with Gasteiger partial charge in [0.25, 0.3) is 0 Å². The number of nitrogen functional groups attached to an aromatic ring is 1. The molecule has 14 heavy (non-hydrogen) atoms. The molecule has 0 aliphatic rings. The summed E-state index contributed by atoms with van der Waals surface area (Å²) in [5, 5.41) is 2.88. The summed E-state index contributed by atoms with van der Waals surface area (Å²) in [5.41, 5.74) is 7.04. The van der Waals surface area contributed by atoms with Crippen molar-refractivity contribution in [1.82, 2.24) is 10.3 Å². The standard InChI is InChI=1S/C10H15N3O/c1-6-4-5-13-10(11)8(6)9(14)7(2)12-3/h4-5,7,12H,1-3H3,(H2,11,13). The Kier molecular flexibility index (Phi) is 3.19. The van der Waals surface area contributed by atoms with Crippen LogP contribution in [0.5, 0.6) is 0 Å². The normalized spacial score (nSPS) is 12.5. The molecule has 4 heteroatoms. The van der Waals surface area contributed by atoms with E-state index in [1.165, 1.54) is 0 Å². The summed E-state index contributed by atoms with van der Waals surface area (Å²) in [6.07, 6.45) is 1.60. The predicted molar refractivity (Wildman–Crippen MR) is 56.2 cm³/mol. The molecule has 0 amide bonds. The van der Waals surface area contributed by atoms with Gasteiger partial charge in [-0.3, -0.25) is 4.79 Å². The first-order chi connectivity index (χ1) is 6.57. The van der Waals surface area contributed by atoms with E-state index in [1.807, 2.05) is 6.92 Å². The van der Waals surface area contributed by atoms with E-state index in [2.05, 4.69) is 10.3 Å². The summed E-state index contributed by atoms with van der Waals surface area (Å²) in [5.74, 6) is 0.285. The van der Waals surface area contributed by atoms with Crippen molar-refractivity contribution < 1.29 is 4.79 Å². The van der Waals surface area contributed by atoms with E-state index in [1.54, 1.807) is 26.2 Å². The molecule has 0 radical (unpaired) electrons. The minimum absolute atomic E-state index is 0.0180. The van der Waals surface area contributed by atoms with Crippen molar-refractivity contribution in [2.45, 2.75) is 19.9 Å². The summed E-state index contributed by atoms with van der Waals surface area (Å²) < 4.78 is 0. The van der Waals surface area contributed by atoms with Gasteiger partial charge >= 0.3 is 0 Å². The van der Waals surface area contributed by atoms with E-state index >= 15 is 0 Å². The molecule has 0 spiro atoms. The van der Waals surface area contributed by atoms with Crippen LogP contribution in [0.3, 0.4) is 0 Å². The molecule has 0 aliphatic heterocycles. The Balaban J connectivity index is 3.12. The van der Waals surface area contributed by atoms with Crippen LogP contribution in [0.4, 0.5) is 5.82 Å². The second kappa shape index (κ2) is 4.19. The Morgan fingerprint density at radius 1 is 1.64 bits per heavy atom. The Morgan fingerprint density at radius 2 is 2.29 bits per heavy atom. The molecule has 0 aromatic carbocycles. The van der Waals surface area contributed by atoms with Gasteiger partial charge in [-0.2, -0.15) is 0 Å². The maximum absolute atomic E-state index is 11.8. The monoisotopic (exact) mass is 193 g/mol. The van der Waals surface area contributed by atoms with Crippen LogP contribution in [0, 0.1) is 6.92 Å². The zero-order valence-corrected chi connectivity index (χ0v) is 8.66. The lowest BCUT2D eigenvalue weighted by Gasteiger charge is -2.12. The van der Waals surface area contributed by atoms with Crippen LogP contribution >= 0.6 is 0 Å². The average Bonchev–Trinajstić information content (AvgIpc) is 2.16. The second-order valence-corrected chi connectivity index (χ2v) is 3.26. The molecule has 3 N–H and O–H groups in total. The number of Topliss-reactive ketones (excluding diaryl/α,β-unsaturated/α-hetero) is 1. The number of rotatable bonds is 3. The first-order valence-corrected chi connectivity index (χ1v) is 4.50. The number of anilines is 1. The van der Waals surface area contributed by atoms with Crippen LogP contribution in [0.1, 0.15) is 22.8 Å². The molecule has 1 aromatic heterocycles. The van der Waals surface area contributed by atoms with Crippen molar-refractivity contribution >= 4 is 11.6 Å². The van der Waals surface area contributed by atoms with Gasteiger partial charge < -0.3 is 11.1 Å². The molecule has 0 fully saturated rings. The number of carbonyl (C=O) groups excluding carboxylic acids is 1. The number of nitrogens with two attached hydrogens (primary N) is 1. The Hall–Kier alpha value is -1.42. The zero-order chi connectivity index (χ0) is 10.7. The van der Waals surface area contributed by atoms with Gasteiger partial charge in [-0.25, -0.2) is 4.98 Å². The molecule has 1 unspecified atom stereocenters. The third-order valence-corrected chi connectivity index (χ3v) is 2.26. The van der Waals surface area contributed by atoms with Crippen LogP contribution in [0.25, 0.3) is 0 Å². The molecule has 1 rings (SSSR count). The average molecular weight is 193 g/mol. The Bertz CT molecular complexity index is 329. The van der Waals surface area contributed by atoms with Crippen molar-refractivity contribution in [1.29, 1.82) is 0 Å². The van der Waals surface area contributed by atoms with Crippen molar-refractivity contribution in [3.05, 3.63) is 23.4 Å². The third kappa shape index (κ3) is 1.90. The van der Waals surface area contributed by atoms with Crippen molar-refractivity contribution in [2.75, 3.05) is 12.8 Å². The first-order valence-electron chi connectivity index (χ1n) is 4.50. The molecular formula is C10H15N3O. The maximum Gasteiger partial charge on any atom is 0.183 e. The molecule has 1 atom stereocenters. The summed E-state index contributed by atoms with van der Waals surface area (Å²) in [6, 6.07) is 1.55. The van der Waals surface area contributed by atoms with E-state index in [-0.39, 0.29) is 11.8 Å². The lowest BCUT2D eigenvalue weighted by molar-refractivity contribution is 0.0955. The maximum atomic E-state index is 11.8. The highest BCUT2D eigenvalue weighted by molar-refractivity contribution is 6.04. The van der Waals surface area contributed by atoms with Gasteiger partial charge in [-0.05, 0) is 32.5 Å². The van der Waals surface area contributed by atoms with E-state index in [4.69, 9.17) is 5.73 Å². The minimum atomic E-state index is -0.236. The number of nitrogens with zero attached hydrogens (tertiary/aromatic N) is 1. The number of hydrogen-bond acceptors (Lipinski definition) is 4. The predicted octanol–water partition coefficient (Wildman–Crippen LogP) is 0.763. The summed E-state index contributed by atoms with van der Waals surface area (Å²) in [7, 11) is 1.74. The number of pyridine rings is 1. The molecule has 76 valence electrons. The second-order valence-electron chi connectivity index (χ2n) is 3.26. The first kappa shape index (κ1) is 10.7. The number of aryl methyl sites for hydroxylation is 1. The molecule has 0 aliphatic carbocycles. The van der Waals surface area contributed by atoms with E-state index in [9.17, 15) is 4.79 Å². The third-order valence-electron chi connectivity index (χ3n) is 2.26. The van der Waals surface area contributed by atoms with Gasteiger partial charge in [0.2, 0.25) is 0 Å². The SMILES string of the molecule is CNC(C)C(=O)c1c(C)ccnc1N. The fraction of sp³-hybridized carbons (Fsp3) is 0.400. The van der Waals surface area contributed by atoms with Crippen molar-refractivity contribution in [3.63, 3.8) is 0 Å². The summed E-state index contributed by atoms with van der Waals surface area (Å²) in [4.78, 5) is 15.7. The fourth-order valence-electron chi connectivity index (χ4n) is 1.25. The molecule has 1 aromatic rings. The van der Waals surface area contributed by atoms with Gasteiger partial charge in [-0.15, -0.1) is 0 Å². The Labute approximate surface area is 83.5 Å². The number of hydrogen-bond donors (Lipinski definition) is 2. The topological polar surface area (TPSA) is 68.0 Å². The van der Waals surface area contributed by atoms with Gasteiger partial charge in [0.15, 0.2) is 5.78 Å². The number of nitrogens with one attached hydrogen (secondary N) is 1. The number of likely N-dealkylation sites (N-methyl/N-ethyl adjacent to an activating group) is 1. The highest BCUT2D eigenvalue weighted by Gasteiger charge is 2.18. The number of ketones is 1. The fourth-order valence-corrected chi connectivity index (χ4v) is 1.25. The van der Waals surface area contributed by atoms with Gasteiger partial charge in [0.1, 0.15) is 5.82 Å². The molecular weight excluding hydrogens is 178 g/mol. The van der Waals surface area contributed by atoms with Crippen LogP contribution in [-0.4, -0.2) is 23.9 Å². The van der Waals surface area contributed by atoms with Crippen LogP contribution in [-0.2, 0) is 0 Å². The largest absolute Gasteiger partial charge is 0.383 e. The van der Waals surface area contributed by atoms with Crippen LogP contribution in [0.2, 0.25) is 0 Å². The zero-order valence-electron chi connectivity index (χ0n) is 8.66. The molecule has 0 bridgehead atoms. The lowest BCUT2D eigenvalue weighted by Crippen LogP contribution is -2.31. The van der Waals surface area contributed by atoms with E-state index in [0.717, 1.165) is 5.56 Å². The van der Waals surface area contributed by atoms with Crippen LogP contribution in [0.15, 0.2) is 12.3 Å². The van der Waals surface area contributed by atoms with E-state index in [0.29, 0.717) is 11.4 Å². The molecule has 1 heterocycles. The molecule has 0 saturated heterocycles. The highest BCUT2D eigenvalue weighted by atomic mass is 16.1. The van der Waals surface area contributed by atoms with Gasteiger partial charge in [0.05, 0.1) is 11.6 Å². The number of carbonyl (C=O) groups is 1. The van der Waals surface area contributed by atoms with Crippen LogP contribution < -0.4 is 11.1 Å². The van der Waals surface area contributed by atoms with Gasteiger partial charge in [-0.1, -0.05) is 0 Å². The summed E-state index contributed by atoms with van der Waals surface area (Å²) in [6.45, 7) is 3.65. The quantitative estimate of drug-likeness (QED) is 0.695. The van der Waals surface area contributed by atoms with Gasteiger partial charge in [0, 0.05) is 6.20 Å². The minimum Gasteiger partial charge on any atom is -0.383 e. The lowest BCUT2D eigenvalue weighted by atomic mass is 10.0. The molecule has 4 nitrogen and oxygen atoms in total. The van der Waals surface area contributed by atoms with E-state index < -0.39 is 0 Å². The van der Waals surface area contributed by atoms with Crippen molar-refractivity contribution in [2.24, 2.45) is 0 Å². The Morgan fingerprint density at radius 3 is 2.79 bits per heavy atom.